The summed E-state index contributed by atoms with van der Waals surface area (Å²) in [4.78, 5) is 30.2. The molecule has 1 N–H and O–H groups in total. The van der Waals surface area contributed by atoms with Crippen molar-refractivity contribution in [2.24, 2.45) is 5.10 Å². The number of ether oxygens (including phenoxy) is 3. The molecule has 2 atom stereocenters. The Labute approximate surface area is 222 Å². The van der Waals surface area contributed by atoms with Crippen LogP contribution in [0.1, 0.15) is 46.7 Å². The van der Waals surface area contributed by atoms with Crippen molar-refractivity contribution in [1.29, 1.82) is 0 Å². The van der Waals surface area contributed by atoms with E-state index in [0.717, 1.165) is 16.6 Å². The second-order valence-corrected chi connectivity index (χ2v) is 8.53. The average Bonchev–Trinajstić information content (AvgIpc) is 2.91. The van der Waals surface area contributed by atoms with Gasteiger partial charge in [0.1, 0.15) is 17.5 Å². The van der Waals surface area contributed by atoms with E-state index in [-0.39, 0.29) is 29.1 Å². The zero-order chi connectivity index (χ0) is 28.2. The van der Waals surface area contributed by atoms with Crippen LogP contribution in [0, 0.1) is 6.92 Å². The number of hydrogen-bond acceptors (Lipinski definition) is 7. The smallest absolute Gasteiger partial charge is 0.493 e. The highest BCUT2D eigenvalue weighted by atomic mass is 19.4. The molecule has 1 aromatic heterocycles. The van der Waals surface area contributed by atoms with Gasteiger partial charge in [-0.05, 0) is 49.2 Å². The Morgan fingerprint density at radius 3 is 2.49 bits per heavy atom. The fourth-order valence-corrected chi connectivity index (χ4v) is 3.91. The lowest BCUT2D eigenvalue weighted by atomic mass is 10.0. The van der Waals surface area contributed by atoms with E-state index in [9.17, 15) is 22.8 Å². The first-order chi connectivity index (χ1) is 18.6. The number of alkyl halides is 3. The number of hydrogen-bond donors (Lipinski definition) is 1. The summed E-state index contributed by atoms with van der Waals surface area (Å²) in [5.41, 5.74) is 1.94. The molecule has 204 valence electrons. The van der Waals surface area contributed by atoms with Crippen LogP contribution in [0.4, 0.5) is 18.0 Å². The molecule has 0 saturated heterocycles. The summed E-state index contributed by atoms with van der Waals surface area (Å²) in [6.07, 6.45) is -6.06. The van der Waals surface area contributed by atoms with Gasteiger partial charge in [-0.25, -0.2) is 4.79 Å². The predicted octanol–water partition coefficient (Wildman–Crippen LogP) is 5.36. The number of carbonyl (C=O) groups is 2. The van der Waals surface area contributed by atoms with Crippen molar-refractivity contribution < 1.29 is 37.0 Å². The summed E-state index contributed by atoms with van der Waals surface area (Å²) in [5.74, 6) is -1.30. The molecule has 2 aromatic carbocycles. The van der Waals surface area contributed by atoms with Crippen molar-refractivity contribution in [1.82, 2.24) is 15.3 Å². The number of aryl methyl sites for hydroxylation is 1. The molecule has 12 heteroatoms. The first-order valence-electron chi connectivity index (χ1n) is 11.9. The minimum atomic E-state index is -4.96. The predicted molar refractivity (Wildman–Crippen MR) is 134 cm³/mol. The number of methoxy groups -OCH3 is 1. The topological polar surface area (TPSA) is 102 Å². The van der Waals surface area contributed by atoms with Gasteiger partial charge < -0.3 is 19.5 Å². The zero-order valence-corrected chi connectivity index (χ0v) is 21.2. The van der Waals surface area contributed by atoms with Gasteiger partial charge in [0.15, 0.2) is 17.7 Å². The molecule has 0 fully saturated rings. The Kier molecular flexibility index (Phi) is 8.03. The standard InChI is InChI=1S/C27H25F3N4O5/c1-4-20-23(18-12-13-21(37-3)22(15-18)39-27(28,29)30)33-34(26(36)38-20)24(17-10-8-16(2)9-11-17)32-25(35)19-7-5-6-14-31-19/h5-15,20,24H,4H2,1-3H3,(H,32,35). The van der Waals surface area contributed by atoms with Gasteiger partial charge >= 0.3 is 12.5 Å². The van der Waals surface area contributed by atoms with E-state index in [1.807, 2.05) is 6.92 Å². The number of carbonyl (C=O) groups excluding carboxylic acids is 2. The average molecular weight is 543 g/mol. The fraction of sp³-hybridized carbons (Fsp3) is 0.259. The summed E-state index contributed by atoms with van der Waals surface area (Å²) in [6, 6.07) is 15.7. The Morgan fingerprint density at radius 1 is 1.13 bits per heavy atom. The number of nitrogens with zero attached hydrogens (tertiary/aromatic N) is 3. The highest BCUT2D eigenvalue weighted by molar-refractivity contribution is 6.06. The SMILES string of the molecule is CCC1OC(=O)N(C(NC(=O)c2ccccn2)c2ccc(C)cc2)N=C1c1ccc(OC)c(OC(F)(F)F)c1. The summed E-state index contributed by atoms with van der Waals surface area (Å²) < 4.78 is 53.9. The molecule has 2 unspecified atom stereocenters. The molecule has 1 aliphatic heterocycles. The quantitative estimate of drug-likeness (QED) is 0.411. The van der Waals surface area contributed by atoms with Crippen LogP contribution in [0.15, 0.2) is 72.0 Å². The van der Waals surface area contributed by atoms with Crippen molar-refractivity contribution in [2.75, 3.05) is 7.11 Å². The lowest BCUT2D eigenvalue weighted by Gasteiger charge is -2.34. The monoisotopic (exact) mass is 542 g/mol. The van der Waals surface area contributed by atoms with Crippen LogP contribution in [0.5, 0.6) is 11.5 Å². The van der Waals surface area contributed by atoms with Crippen molar-refractivity contribution in [3.05, 3.63) is 89.2 Å². The van der Waals surface area contributed by atoms with E-state index in [0.29, 0.717) is 5.56 Å². The Balaban J connectivity index is 1.79. The number of aromatic nitrogens is 1. The van der Waals surface area contributed by atoms with Crippen molar-refractivity contribution in [3.8, 4) is 11.5 Å². The van der Waals surface area contributed by atoms with E-state index in [2.05, 4.69) is 20.1 Å². The largest absolute Gasteiger partial charge is 0.573 e. The third-order valence-electron chi connectivity index (χ3n) is 5.81. The number of cyclic esters (lactones) is 1. The minimum Gasteiger partial charge on any atom is -0.493 e. The number of amides is 2. The molecule has 0 bridgehead atoms. The van der Waals surface area contributed by atoms with E-state index in [1.165, 1.54) is 31.5 Å². The lowest BCUT2D eigenvalue weighted by Crippen LogP contribution is -2.48. The maximum atomic E-state index is 13.1. The molecule has 0 aliphatic carbocycles. The summed E-state index contributed by atoms with van der Waals surface area (Å²) >= 11 is 0. The van der Waals surface area contributed by atoms with Gasteiger partial charge in [-0.2, -0.15) is 10.1 Å². The molecule has 3 aromatic rings. The van der Waals surface area contributed by atoms with Crippen molar-refractivity contribution in [3.63, 3.8) is 0 Å². The number of halogens is 3. The molecule has 9 nitrogen and oxygen atoms in total. The summed E-state index contributed by atoms with van der Waals surface area (Å²) in [7, 11) is 1.21. The molecule has 2 heterocycles. The zero-order valence-electron chi connectivity index (χ0n) is 21.2. The van der Waals surface area contributed by atoms with Gasteiger partial charge in [-0.3, -0.25) is 9.78 Å². The number of rotatable bonds is 8. The van der Waals surface area contributed by atoms with Crippen molar-refractivity contribution >= 4 is 17.7 Å². The van der Waals surface area contributed by atoms with Crippen LogP contribution in [0.2, 0.25) is 0 Å². The number of nitrogens with one attached hydrogen (secondary N) is 1. The van der Waals surface area contributed by atoms with Gasteiger partial charge in [0.2, 0.25) is 0 Å². The van der Waals surface area contributed by atoms with Crippen LogP contribution in [-0.2, 0) is 4.74 Å². The molecule has 0 saturated carbocycles. The minimum absolute atomic E-state index is 0.111. The van der Waals surface area contributed by atoms with E-state index < -0.39 is 36.4 Å². The highest BCUT2D eigenvalue weighted by Crippen LogP contribution is 2.35. The lowest BCUT2D eigenvalue weighted by molar-refractivity contribution is -0.275. The van der Waals surface area contributed by atoms with Gasteiger partial charge in [-0.15, -0.1) is 13.2 Å². The molecule has 0 spiro atoms. The Bertz CT molecular complexity index is 1360. The molecular formula is C27H25F3N4O5. The Morgan fingerprint density at radius 2 is 1.87 bits per heavy atom. The molecule has 1 aliphatic rings. The van der Waals surface area contributed by atoms with Gasteiger partial charge in [0.05, 0.1) is 7.11 Å². The van der Waals surface area contributed by atoms with Gasteiger partial charge in [0, 0.05) is 11.8 Å². The van der Waals surface area contributed by atoms with E-state index in [1.54, 1.807) is 43.3 Å². The summed E-state index contributed by atoms with van der Waals surface area (Å²) in [6.45, 7) is 3.62. The molecular weight excluding hydrogens is 517 g/mol. The maximum Gasteiger partial charge on any atom is 0.573 e. The van der Waals surface area contributed by atoms with Crippen LogP contribution < -0.4 is 14.8 Å². The normalized spacial score (nSPS) is 16.2. The molecule has 39 heavy (non-hydrogen) atoms. The number of pyridine rings is 1. The van der Waals surface area contributed by atoms with Crippen molar-refractivity contribution in [2.45, 2.75) is 38.9 Å². The van der Waals surface area contributed by atoms with E-state index in [4.69, 9.17) is 9.47 Å². The second-order valence-electron chi connectivity index (χ2n) is 8.53. The van der Waals surface area contributed by atoms with E-state index >= 15 is 0 Å². The molecule has 4 rings (SSSR count). The number of hydrazone groups is 1. The Hall–Kier alpha value is -4.61. The number of benzene rings is 2. The molecule has 0 radical (unpaired) electrons. The van der Waals surface area contributed by atoms with Gasteiger partial charge in [-0.1, -0.05) is 42.8 Å². The third-order valence-corrected chi connectivity index (χ3v) is 5.81. The van der Waals surface area contributed by atoms with Crippen LogP contribution in [-0.4, -0.2) is 47.3 Å². The van der Waals surface area contributed by atoms with Crippen LogP contribution in [0.3, 0.4) is 0 Å². The summed E-state index contributed by atoms with van der Waals surface area (Å²) in [5, 5.41) is 8.19. The first kappa shape index (κ1) is 27.4. The molecule has 2 amide bonds. The van der Waals surface area contributed by atoms with Crippen LogP contribution in [0.25, 0.3) is 0 Å². The second kappa shape index (κ2) is 11.4. The third kappa shape index (κ3) is 6.46. The van der Waals surface area contributed by atoms with Gasteiger partial charge in [0.25, 0.3) is 5.91 Å². The fourth-order valence-electron chi connectivity index (χ4n) is 3.91. The maximum absolute atomic E-state index is 13.1. The highest BCUT2D eigenvalue weighted by Gasteiger charge is 2.38. The first-order valence-corrected chi connectivity index (χ1v) is 11.9. The van der Waals surface area contributed by atoms with Crippen LogP contribution >= 0.6 is 0 Å².